The van der Waals surface area contributed by atoms with Crippen molar-refractivity contribution in [1.82, 2.24) is 9.80 Å². The molecule has 0 atom stereocenters. The third-order valence-electron chi connectivity index (χ3n) is 0.994. The Hall–Kier alpha value is -1.40. The third kappa shape index (κ3) is 131. The van der Waals surface area contributed by atoms with Crippen LogP contribution in [-0.2, 0) is 0 Å². The SMILES string of the molecule is C=N.C=N.C=N.C=N.CN(C)CCN(C)C. The quantitative estimate of drug-likeness (QED) is 0.549. The van der Waals surface area contributed by atoms with Crippen molar-refractivity contribution in [3.63, 3.8) is 0 Å². The minimum atomic E-state index is 1.15. The van der Waals surface area contributed by atoms with E-state index in [-0.39, 0.29) is 0 Å². The molecule has 0 saturated heterocycles. The van der Waals surface area contributed by atoms with E-state index in [4.69, 9.17) is 21.6 Å². The van der Waals surface area contributed by atoms with Gasteiger partial charge in [0.1, 0.15) is 0 Å². The largest absolute Gasteiger partial charge is 0.317 e. The smallest absolute Gasteiger partial charge is 0.0103 e. The molecule has 0 saturated carbocycles. The zero-order valence-electron chi connectivity index (χ0n) is 11.1. The Morgan fingerprint density at radius 1 is 0.562 bits per heavy atom. The van der Waals surface area contributed by atoms with Crippen LogP contribution in [0.4, 0.5) is 0 Å². The summed E-state index contributed by atoms with van der Waals surface area (Å²) in [6.45, 7) is 12.3. The van der Waals surface area contributed by atoms with Gasteiger partial charge in [0.05, 0.1) is 0 Å². The fourth-order valence-electron chi connectivity index (χ4n) is 0.400. The molecule has 0 fully saturated rings. The number of likely N-dealkylation sites (N-methyl/N-ethyl adjacent to an activating group) is 2. The Bertz CT molecular complexity index is 81.3. The summed E-state index contributed by atoms with van der Waals surface area (Å²) in [7, 11) is 8.35. The highest BCUT2D eigenvalue weighted by atomic mass is 15.1. The first-order valence-corrected chi connectivity index (χ1v) is 4.34. The van der Waals surface area contributed by atoms with Crippen molar-refractivity contribution < 1.29 is 0 Å². The van der Waals surface area contributed by atoms with Crippen molar-refractivity contribution in [3.8, 4) is 0 Å². The van der Waals surface area contributed by atoms with Gasteiger partial charge in [-0.15, -0.1) is 0 Å². The molecule has 98 valence electrons. The lowest BCUT2D eigenvalue weighted by molar-refractivity contribution is 0.320. The molecule has 6 nitrogen and oxygen atoms in total. The van der Waals surface area contributed by atoms with Crippen LogP contribution >= 0.6 is 0 Å². The van der Waals surface area contributed by atoms with Gasteiger partial charge in [0.2, 0.25) is 0 Å². The van der Waals surface area contributed by atoms with Gasteiger partial charge in [0.25, 0.3) is 0 Å². The van der Waals surface area contributed by atoms with E-state index in [1.54, 1.807) is 0 Å². The second-order valence-electron chi connectivity index (χ2n) is 2.61. The van der Waals surface area contributed by atoms with Crippen LogP contribution in [0.2, 0.25) is 0 Å². The van der Waals surface area contributed by atoms with E-state index in [1.807, 2.05) is 0 Å². The van der Waals surface area contributed by atoms with Crippen LogP contribution in [0.25, 0.3) is 0 Å². The summed E-state index contributed by atoms with van der Waals surface area (Å²) in [5.41, 5.74) is 0. The number of nitrogens with zero attached hydrogens (tertiary/aromatic N) is 2. The topological polar surface area (TPSA) is 102 Å². The molecule has 0 radical (unpaired) electrons. The van der Waals surface area contributed by atoms with Crippen LogP contribution in [0.5, 0.6) is 0 Å². The van der Waals surface area contributed by atoms with Gasteiger partial charge in [-0.3, -0.25) is 0 Å². The normalized spacial score (nSPS) is 6.62. The second-order valence-corrected chi connectivity index (χ2v) is 2.61. The summed E-state index contributed by atoms with van der Waals surface area (Å²) in [4.78, 5) is 4.36. The van der Waals surface area contributed by atoms with Gasteiger partial charge in [-0.05, 0) is 55.1 Å². The van der Waals surface area contributed by atoms with Crippen molar-refractivity contribution in [3.05, 3.63) is 0 Å². The highest BCUT2D eigenvalue weighted by Crippen LogP contribution is 1.76. The van der Waals surface area contributed by atoms with E-state index >= 15 is 0 Å². The minimum absolute atomic E-state index is 1.15. The minimum Gasteiger partial charge on any atom is -0.317 e. The molecular formula is C10H28N6. The monoisotopic (exact) mass is 232 g/mol. The van der Waals surface area contributed by atoms with Crippen molar-refractivity contribution in [2.24, 2.45) is 0 Å². The third-order valence-corrected chi connectivity index (χ3v) is 0.994. The predicted molar refractivity (Wildman–Crippen MR) is 76.5 cm³/mol. The maximum atomic E-state index is 5.50. The molecule has 6 heteroatoms. The van der Waals surface area contributed by atoms with E-state index in [0.29, 0.717) is 0 Å². The second kappa shape index (κ2) is 49.6. The maximum Gasteiger partial charge on any atom is 0.0103 e. The first-order chi connectivity index (χ1) is 7.63. The van der Waals surface area contributed by atoms with E-state index in [1.165, 1.54) is 0 Å². The summed E-state index contributed by atoms with van der Waals surface area (Å²) in [5, 5.41) is 22.0. The van der Waals surface area contributed by atoms with Crippen LogP contribution in [-0.4, -0.2) is 78.0 Å². The van der Waals surface area contributed by atoms with E-state index in [2.05, 4.69) is 64.9 Å². The van der Waals surface area contributed by atoms with Gasteiger partial charge in [-0.25, -0.2) is 0 Å². The zero-order chi connectivity index (χ0) is 14.6. The van der Waals surface area contributed by atoms with Gasteiger partial charge in [-0.1, -0.05) is 0 Å². The molecule has 0 aliphatic rings. The Labute approximate surface area is 100 Å². The summed E-state index contributed by atoms with van der Waals surface area (Å²) in [5.74, 6) is 0. The Kier molecular flexibility index (Phi) is 90.8. The zero-order valence-corrected chi connectivity index (χ0v) is 11.1. The summed E-state index contributed by atoms with van der Waals surface area (Å²) in [6.07, 6.45) is 0. The predicted octanol–water partition coefficient (Wildman–Crippen LogP) is 1.17. The number of nitrogens with one attached hydrogen (secondary N) is 4. The van der Waals surface area contributed by atoms with Crippen LogP contribution < -0.4 is 0 Å². The van der Waals surface area contributed by atoms with Crippen molar-refractivity contribution in [2.75, 3.05) is 41.3 Å². The number of hydrogen-bond acceptors (Lipinski definition) is 6. The van der Waals surface area contributed by atoms with Gasteiger partial charge in [0, 0.05) is 13.1 Å². The summed E-state index contributed by atoms with van der Waals surface area (Å²) >= 11 is 0. The van der Waals surface area contributed by atoms with Gasteiger partial charge in [-0.2, -0.15) is 0 Å². The lowest BCUT2D eigenvalue weighted by atomic mass is 10.5. The van der Waals surface area contributed by atoms with Gasteiger partial charge in [0.15, 0.2) is 0 Å². The van der Waals surface area contributed by atoms with Gasteiger partial charge >= 0.3 is 0 Å². The summed E-state index contributed by atoms with van der Waals surface area (Å²) < 4.78 is 0. The van der Waals surface area contributed by atoms with Crippen LogP contribution in [0, 0.1) is 21.6 Å². The van der Waals surface area contributed by atoms with Crippen molar-refractivity contribution >= 4 is 26.9 Å². The van der Waals surface area contributed by atoms with E-state index in [0.717, 1.165) is 13.1 Å². The van der Waals surface area contributed by atoms with Crippen LogP contribution in [0.1, 0.15) is 0 Å². The fourth-order valence-corrected chi connectivity index (χ4v) is 0.400. The molecule has 0 rings (SSSR count). The molecule has 0 bridgehead atoms. The van der Waals surface area contributed by atoms with E-state index in [9.17, 15) is 0 Å². The molecule has 0 aromatic rings. The average Bonchev–Trinajstić information content (AvgIpc) is 2.36. The Balaban J connectivity index is -0.0000000426. The van der Waals surface area contributed by atoms with E-state index < -0.39 is 0 Å². The summed E-state index contributed by atoms with van der Waals surface area (Å²) in [6, 6.07) is 0. The van der Waals surface area contributed by atoms with Crippen LogP contribution in [0.15, 0.2) is 0 Å². The molecule has 4 N–H and O–H groups in total. The molecule has 0 aromatic heterocycles. The average molecular weight is 232 g/mol. The molecule has 0 spiro atoms. The van der Waals surface area contributed by atoms with Crippen molar-refractivity contribution in [2.45, 2.75) is 0 Å². The molecule has 0 aromatic carbocycles. The first-order valence-electron chi connectivity index (χ1n) is 4.34. The maximum absolute atomic E-state index is 5.50. The molecule has 0 amide bonds. The number of rotatable bonds is 3. The molecular weight excluding hydrogens is 204 g/mol. The standard InChI is InChI=1S/C6H16N2.4CH3N/c1-7(2)5-6-8(3)4;4*1-2/h5-6H2,1-4H3;4*2H,1H2. The molecule has 0 unspecified atom stereocenters. The lowest BCUT2D eigenvalue weighted by Gasteiger charge is -2.13. The lowest BCUT2D eigenvalue weighted by Crippen LogP contribution is -2.25. The Morgan fingerprint density at radius 3 is 0.750 bits per heavy atom. The molecule has 0 aliphatic heterocycles. The molecule has 0 heterocycles. The fraction of sp³-hybridized carbons (Fsp3) is 0.600. The highest BCUT2D eigenvalue weighted by Gasteiger charge is 1.89. The van der Waals surface area contributed by atoms with Crippen molar-refractivity contribution in [1.29, 1.82) is 21.6 Å². The van der Waals surface area contributed by atoms with Gasteiger partial charge < -0.3 is 31.4 Å². The van der Waals surface area contributed by atoms with Crippen LogP contribution in [0.3, 0.4) is 0 Å². The molecule has 16 heavy (non-hydrogen) atoms. The molecule has 0 aliphatic carbocycles. The first kappa shape index (κ1) is 29.3. The highest BCUT2D eigenvalue weighted by molar-refractivity contribution is 5.16. The Morgan fingerprint density at radius 2 is 0.688 bits per heavy atom. The number of hydrogen-bond donors (Lipinski definition) is 4.